The Morgan fingerprint density at radius 1 is 1.13 bits per heavy atom. The van der Waals surface area contributed by atoms with Gasteiger partial charge >= 0.3 is 0 Å². The highest BCUT2D eigenvalue weighted by Crippen LogP contribution is 2.42. The summed E-state index contributed by atoms with van der Waals surface area (Å²) >= 11 is 0. The van der Waals surface area contributed by atoms with Gasteiger partial charge < -0.3 is 15.2 Å². The highest BCUT2D eigenvalue weighted by atomic mass is 19.1. The van der Waals surface area contributed by atoms with E-state index in [0.29, 0.717) is 34.5 Å². The second-order valence-electron chi connectivity index (χ2n) is 7.54. The molecule has 6 nitrogen and oxygen atoms in total. The summed E-state index contributed by atoms with van der Waals surface area (Å²) < 4.78 is 13.7. The van der Waals surface area contributed by atoms with Crippen LogP contribution in [0.15, 0.2) is 65.6 Å². The van der Waals surface area contributed by atoms with Gasteiger partial charge in [0.25, 0.3) is 5.91 Å². The van der Waals surface area contributed by atoms with Crippen molar-refractivity contribution in [3.05, 3.63) is 99.2 Å². The quantitative estimate of drug-likeness (QED) is 0.676. The summed E-state index contributed by atoms with van der Waals surface area (Å²) in [5.74, 6) is -1.56. The first kappa shape index (κ1) is 20.5. The lowest BCUT2D eigenvalue weighted by Gasteiger charge is -2.41. The number of anilines is 1. The molecule has 1 aliphatic heterocycles. The van der Waals surface area contributed by atoms with Gasteiger partial charge in [-0.3, -0.25) is 14.4 Å². The molecular formula is C24H22FN3O3. The average molecular weight is 419 g/mol. The number of rotatable bonds is 4. The first-order valence-corrected chi connectivity index (χ1v) is 10.1. The number of aromatic nitrogens is 1. The normalized spacial score (nSPS) is 17.9. The van der Waals surface area contributed by atoms with Crippen LogP contribution in [0.5, 0.6) is 0 Å². The molecule has 0 saturated carbocycles. The molecule has 0 saturated heterocycles. The highest BCUT2D eigenvalue weighted by Gasteiger charge is 2.43. The molecule has 0 bridgehead atoms. The first-order valence-electron chi connectivity index (χ1n) is 10.1. The van der Waals surface area contributed by atoms with Gasteiger partial charge in [-0.15, -0.1) is 0 Å². The van der Waals surface area contributed by atoms with E-state index in [1.807, 2.05) is 6.92 Å². The van der Waals surface area contributed by atoms with Crippen LogP contribution in [0.1, 0.15) is 45.9 Å². The third-order valence-corrected chi connectivity index (χ3v) is 5.64. The van der Waals surface area contributed by atoms with Crippen molar-refractivity contribution < 1.29 is 14.0 Å². The Hall–Kier alpha value is -3.74. The smallest absolute Gasteiger partial charge is 0.254 e. The number of pyridine rings is 1. The maximum Gasteiger partial charge on any atom is 0.254 e. The van der Waals surface area contributed by atoms with Crippen molar-refractivity contribution in [3.63, 3.8) is 0 Å². The molecule has 0 radical (unpaired) electrons. The van der Waals surface area contributed by atoms with Crippen LogP contribution in [-0.4, -0.2) is 28.2 Å². The number of nitrogens with zero attached hydrogens (tertiary/aromatic N) is 1. The number of benzene rings is 2. The molecule has 1 aliphatic rings. The minimum absolute atomic E-state index is 0.170. The molecular weight excluding hydrogens is 397 g/mol. The van der Waals surface area contributed by atoms with Crippen LogP contribution in [0.25, 0.3) is 0 Å². The van der Waals surface area contributed by atoms with Crippen molar-refractivity contribution in [2.75, 3.05) is 11.9 Å². The standard InChI is InChI=1S/C24H22FN3O3/c1-3-28-22(15-8-11-20(29)26-13-15)21(17-6-4-5-7-18(17)24(28)31)23(30)27-16-9-10-19(25)14(2)12-16/h4-13,21-22H,3H2,1-2H3,(H,26,29)(H,27,30)/t21-,22?/m0/s1. The maximum absolute atomic E-state index is 13.7. The lowest BCUT2D eigenvalue weighted by Crippen LogP contribution is -2.46. The van der Waals surface area contributed by atoms with Crippen LogP contribution in [0.2, 0.25) is 0 Å². The number of carbonyl (C=O) groups is 2. The SMILES string of the molecule is CCN1C(=O)c2ccccc2[C@H](C(=O)Nc2ccc(F)c(C)c2)C1c1ccc(=O)[nH]c1. The number of hydrogen-bond donors (Lipinski definition) is 2. The van der Waals surface area contributed by atoms with Gasteiger partial charge in [-0.1, -0.05) is 18.2 Å². The van der Waals surface area contributed by atoms with Gasteiger partial charge in [0, 0.05) is 30.1 Å². The summed E-state index contributed by atoms with van der Waals surface area (Å²) in [6.45, 7) is 3.86. The summed E-state index contributed by atoms with van der Waals surface area (Å²) in [7, 11) is 0. The summed E-state index contributed by atoms with van der Waals surface area (Å²) in [5.41, 5.74) is 2.37. The van der Waals surface area contributed by atoms with E-state index in [0.717, 1.165) is 0 Å². The molecule has 31 heavy (non-hydrogen) atoms. The number of fused-ring (bicyclic) bond motifs is 1. The number of H-pyrrole nitrogens is 1. The van der Waals surface area contributed by atoms with Crippen LogP contribution in [0.3, 0.4) is 0 Å². The molecule has 0 fully saturated rings. The fourth-order valence-corrected chi connectivity index (χ4v) is 4.14. The number of halogens is 1. The molecule has 0 aliphatic carbocycles. The first-order chi connectivity index (χ1) is 14.9. The third kappa shape index (κ3) is 3.74. The Kier molecular flexibility index (Phi) is 5.42. The summed E-state index contributed by atoms with van der Waals surface area (Å²) in [6, 6.07) is 13.8. The Labute approximate surface area is 178 Å². The van der Waals surface area contributed by atoms with Gasteiger partial charge in [0.1, 0.15) is 5.82 Å². The number of aryl methyl sites for hydroxylation is 1. The molecule has 1 unspecified atom stereocenters. The van der Waals surface area contributed by atoms with Gasteiger partial charge in [-0.05, 0) is 60.9 Å². The van der Waals surface area contributed by atoms with Crippen LogP contribution in [0.4, 0.5) is 10.1 Å². The molecule has 2 aromatic carbocycles. The zero-order chi connectivity index (χ0) is 22.1. The van der Waals surface area contributed by atoms with E-state index >= 15 is 0 Å². The molecule has 158 valence electrons. The predicted molar refractivity (Wildman–Crippen MR) is 115 cm³/mol. The van der Waals surface area contributed by atoms with Crippen LogP contribution in [0, 0.1) is 12.7 Å². The average Bonchev–Trinajstić information content (AvgIpc) is 2.77. The van der Waals surface area contributed by atoms with E-state index < -0.39 is 12.0 Å². The second kappa shape index (κ2) is 8.18. The van der Waals surface area contributed by atoms with Gasteiger partial charge in [0.05, 0.1) is 12.0 Å². The van der Waals surface area contributed by atoms with Crippen molar-refractivity contribution in [2.24, 2.45) is 0 Å². The van der Waals surface area contributed by atoms with E-state index in [2.05, 4.69) is 10.3 Å². The fraction of sp³-hybridized carbons (Fsp3) is 0.208. The largest absolute Gasteiger partial charge is 0.331 e. The third-order valence-electron chi connectivity index (χ3n) is 5.64. The molecule has 2 amide bonds. The lowest BCUT2D eigenvalue weighted by atomic mass is 9.79. The fourth-order valence-electron chi connectivity index (χ4n) is 4.14. The molecule has 2 N–H and O–H groups in total. The van der Waals surface area contributed by atoms with Gasteiger partial charge in [0.15, 0.2) is 0 Å². The van der Waals surface area contributed by atoms with E-state index in [-0.39, 0.29) is 23.2 Å². The van der Waals surface area contributed by atoms with E-state index in [1.54, 1.807) is 54.4 Å². The molecule has 1 aromatic heterocycles. The molecule has 7 heteroatoms. The zero-order valence-electron chi connectivity index (χ0n) is 17.2. The Morgan fingerprint density at radius 2 is 1.90 bits per heavy atom. The van der Waals surface area contributed by atoms with Crippen molar-refractivity contribution in [3.8, 4) is 0 Å². The van der Waals surface area contributed by atoms with E-state index in [4.69, 9.17) is 0 Å². The minimum atomic E-state index is -0.717. The number of hydrogen-bond acceptors (Lipinski definition) is 3. The summed E-state index contributed by atoms with van der Waals surface area (Å²) in [5, 5.41) is 2.88. The van der Waals surface area contributed by atoms with Gasteiger partial charge in [0.2, 0.25) is 11.5 Å². The summed E-state index contributed by atoms with van der Waals surface area (Å²) in [4.78, 5) is 42.6. The number of nitrogens with one attached hydrogen (secondary N) is 2. The van der Waals surface area contributed by atoms with E-state index in [1.165, 1.54) is 18.2 Å². The lowest BCUT2D eigenvalue weighted by molar-refractivity contribution is -0.119. The number of carbonyl (C=O) groups excluding carboxylic acids is 2. The minimum Gasteiger partial charge on any atom is -0.331 e. The highest BCUT2D eigenvalue weighted by molar-refractivity contribution is 6.04. The van der Waals surface area contributed by atoms with Gasteiger partial charge in [-0.25, -0.2) is 4.39 Å². The van der Waals surface area contributed by atoms with E-state index in [9.17, 15) is 18.8 Å². The van der Waals surface area contributed by atoms with Gasteiger partial charge in [-0.2, -0.15) is 0 Å². The summed E-state index contributed by atoms with van der Waals surface area (Å²) in [6.07, 6.45) is 1.54. The number of likely N-dealkylation sites (N-methyl/N-ethyl adjacent to an activating group) is 1. The predicted octanol–water partition coefficient (Wildman–Crippen LogP) is 3.76. The Bertz CT molecular complexity index is 1200. The molecule has 3 aromatic rings. The zero-order valence-corrected chi connectivity index (χ0v) is 17.2. The Balaban J connectivity index is 1.83. The Morgan fingerprint density at radius 3 is 2.58 bits per heavy atom. The monoisotopic (exact) mass is 419 g/mol. The molecule has 2 heterocycles. The molecule has 2 atom stereocenters. The molecule has 4 rings (SSSR count). The van der Waals surface area contributed by atoms with Crippen LogP contribution >= 0.6 is 0 Å². The van der Waals surface area contributed by atoms with Crippen LogP contribution in [-0.2, 0) is 4.79 Å². The number of amides is 2. The van der Waals surface area contributed by atoms with Crippen molar-refractivity contribution in [2.45, 2.75) is 25.8 Å². The maximum atomic E-state index is 13.7. The molecule has 0 spiro atoms. The van der Waals surface area contributed by atoms with Crippen molar-refractivity contribution >= 4 is 17.5 Å². The topological polar surface area (TPSA) is 82.3 Å². The number of aromatic amines is 1. The van der Waals surface area contributed by atoms with Crippen LogP contribution < -0.4 is 10.9 Å². The van der Waals surface area contributed by atoms with Crippen molar-refractivity contribution in [1.29, 1.82) is 0 Å². The van der Waals surface area contributed by atoms with Crippen molar-refractivity contribution in [1.82, 2.24) is 9.88 Å². The second-order valence-corrected chi connectivity index (χ2v) is 7.54.